The summed E-state index contributed by atoms with van der Waals surface area (Å²) in [6.07, 6.45) is -5.81. The summed E-state index contributed by atoms with van der Waals surface area (Å²) in [5, 5.41) is 1.24. The fourth-order valence-corrected chi connectivity index (χ4v) is 2.61. The second-order valence-corrected chi connectivity index (χ2v) is 6.53. The molecule has 0 aromatic carbocycles. The van der Waals surface area contributed by atoms with Crippen LogP contribution < -0.4 is 5.32 Å². The molecule has 2 nitrogen and oxygen atoms in total. The molecule has 1 N–H and O–H groups in total. The molecule has 0 unspecified atom stereocenters. The van der Waals surface area contributed by atoms with E-state index in [2.05, 4.69) is 0 Å². The molecule has 0 aromatic heterocycles. The zero-order valence-corrected chi connectivity index (χ0v) is 14.1. The van der Waals surface area contributed by atoms with E-state index in [0.29, 0.717) is 25.7 Å². The van der Waals surface area contributed by atoms with Crippen molar-refractivity contribution in [2.24, 2.45) is 0 Å². The fraction of sp³-hybridized carbons (Fsp3) is 0.929. The Morgan fingerprint density at radius 3 is 1.34 bits per heavy atom. The van der Waals surface area contributed by atoms with Crippen LogP contribution in [0.1, 0.15) is 38.5 Å². The number of alkyl halides is 13. The van der Waals surface area contributed by atoms with Crippen LogP contribution in [0.2, 0.25) is 0 Å². The summed E-state index contributed by atoms with van der Waals surface area (Å²) in [5.74, 6) is -41.3. The Morgan fingerprint density at radius 1 is 0.586 bits per heavy atom. The number of amides is 1. The van der Waals surface area contributed by atoms with Crippen molar-refractivity contribution >= 4 is 5.91 Å². The van der Waals surface area contributed by atoms with Gasteiger partial charge in [-0.1, -0.05) is 25.7 Å². The molecule has 0 heterocycles. The average Bonchev–Trinajstić information content (AvgIpc) is 2.81. The maximum absolute atomic E-state index is 13.7. The Morgan fingerprint density at radius 2 is 0.966 bits per heavy atom. The molecule has 29 heavy (non-hydrogen) atoms. The lowest BCUT2D eigenvalue weighted by atomic mass is 9.93. The second-order valence-electron chi connectivity index (χ2n) is 6.53. The minimum atomic E-state index is -8.01. The van der Waals surface area contributed by atoms with Crippen molar-refractivity contribution in [1.82, 2.24) is 5.32 Å². The highest BCUT2D eigenvalue weighted by Crippen LogP contribution is 2.60. The van der Waals surface area contributed by atoms with E-state index in [1.165, 1.54) is 5.32 Å². The van der Waals surface area contributed by atoms with E-state index in [-0.39, 0.29) is 12.8 Å². The topological polar surface area (TPSA) is 29.1 Å². The molecule has 0 saturated heterocycles. The van der Waals surface area contributed by atoms with Crippen LogP contribution in [0.4, 0.5) is 57.1 Å². The third kappa shape index (κ3) is 4.09. The Bertz CT molecular complexity index is 591. The van der Waals surface area contributed by atoms with Gasteiger partial charge in [-0.05, 0) is 12.8 Å². The molecule has 15 heteroatoms. The SMILES string of the molecule is O=C(NC1CCCCCC1)C(F)(F)C(F)(F)C(F)(F)C(F)(F)C(F)(F)C(F)(F)F. The summed E-state index contributed by atoms with van der Waals surface area (Å²) in [4.78, 5) is 11.4. The summed E-state index contributed by atoms with van der Waals surface area (Å²) in [5.41, 5.74) is 0. The van der Waals surface area contributed by atoms with Crippen molar-refractivity contribution in [3.8, 4) is 0 Å². The third-order valence-corrected chi connectivity index (χ3v) is 4.41. The first-order chi connectivity index (χ1) is 12.7. The zero-order valence-electron chi connectivity index (χ0n) is 14.1. The van der Waals surface area contributed by atoms with E-state index >= 15 is 0 Å². The molecular weight excluding hydrogens is 445 g/mol. The quantitative estimate of drug-likeness (QED) is 0.409. The van der Waals surface area contributed by atoms with Crippen LogP contribution in [-0.4, -0.2) is 47.7 Å². The highest BCUT2D eigenvalue weighted by Gasteiger charge is 2.91. The van der Waals surface area contributed by atoms with Crippen molar-refractivity contribution in [3.63, 3.8) is 0 Å². The molecule has 0 radical (unpaired) electrons. The van der Waals surface area contributed by atoms with Gasteiger partial charge in [-0.2, -0.15) is 57.1 Å². The third-order valence-electron chi connectivity index (χ3n) is 4.41. The lowest BCUT2D eigenvalue weighted by Crippen LogP contribution is -2.72. The number of rotatable bonds is 6. The molecule has 1 aliphatic carbocycles. The number of halogens is 13. The lowest BCUT2D eigenvalue weighted by Gasteiger charge is -2.39. The number of hydrogen-bond donors (Lipinski definition) is 1. The first kappa shape index (κ1) is 25.6. The highest BCUT2D eigenvalue weighted by atomic mass is 19.4. The van der Waals surface area contributed by atoms with Crippen LogP contribution in [0.15, 0.2) is 0 Å². The highest BCUT2D eigenvalue weighted by molar-refractivity contribution is 5.85. The molecule has 0 spiro atoms. The summed E-state index contributed by atoms with van der Waals surface area (Å²) >= 11 is 0. The standard InChI is InChI=1S/C14H14F13NO/c15-9(16,8(29)28-7-5-3-1-2-4-6-7)10(17,18)11(19,20)12(21,22)13(23,24)14(25,26)27/h7H,1-6H2,(H,28,29). The normalized spacial score (nSPS) is 19.1. The molecule has 0 aromatic rings. The fourth-order valence-electron chi connectivity index (χ4n) is 2.61. The van der Waals surface area contributed by atoms with Crippen LogP contribution >= 0.6 is 0 Å². The van der Waals surface area contributed by atoms with Crippen LogP contribution in [0, 0.1) is 0 Å². The van der Waals surface area contributed by atoms with Gasteiger partial charge in [-0.15, -0.1) is 0 Å². The Hall–Kier alpha value is -1.44. The molecule has 1 amide bonds. The first-order valence-corrected chi connectivity index (χ1v) is 8.02. The second kappa shape index (κ2) is 7.67. The van der Waals surface area contributed by atoms with Gasteiger partial charge in [0.25, 0.3) is 5.91 Å². The summed E-state index contributed by atoms with van der Waals surface area (Å²) in [7, 11) is 0. The number of nitrogens with one attached hydrogen (secondary N) is 1. The van der Waals surface area contributed by atoms with Crippen LogP contribution in [-0.2, 0) is 4.79 Å². The van der Waals surface area contributed by atoms with E-state index in [9.17, 15) is 61.9 Å². The van der Waals surface area contributed by atoms with Crippen LogP contribution in [0.3, 0.4) is 0 Å². The number of carbonyl (C=O) groups excluding carboxylic acids is 1. The molecule has 0 atom stereocenters. The zero-order chi connectivity index (χ0) is 23.1. The average molecular weight is 459 g/mol. The van der Waals surface area contributed by atoms with Crippen LogP contribution in [0.5, 0.6) is 0 Å². The van der Waals surface area contributed by atoms with Gasteiger partial charge in [-0.3, -0.25) is 4.79 Å². The van der Waals surface area contributed by atoms with E-state index in [1.807, 2.05) is 0 Å². The predicted molar refractivity (Wildman–Crippen MR) is 70.4 cm³/mol. The summed E-state index contributed by atoms with van der Waals surface area (Å²) in [6, 6.07) is -1.22. The van der Waals surface area contributed by atoms with Crippen LogP contribution in [0.25, 0.3) is 0 Å². The number of hydrogen-bond acceptors (Lipinski definition) is 1. The van der Waals surface area contributed by atoms with Gasteiger partial charge in [0.2, 0.25) is 0 Å². The lowest BCUT2D eigenvalue weighted by molar-refractivity contribution is -0.436. The molecule has 1 fully saturated rings. The summed E-state index contributed by atoms with van der Waals surface area (Å²) < 4.78 is 169. The number of carbonyl (C=O) groups is 1. The van der Waals surface area contributed by atoms with Crippen molar-refractivity contribution in [3.05, 3.63) is 0 Å². The van der Waals surface area contributed by atoms with Gasteiger partial charge in [0.05, 0.1) is 0 Å². The van der Waals surface area contributed by atoms with E-state index < -0.39 is 47.7 Å². The largest absolute Gasteiger partial charge is 0.460 e. The van der Waals surface area contributed by atoms with Crippen molar-refractivity contribution < 1.29 is 61.9 Å². The predicted octanol–water partition coefficient (Wildman–Crippen LogP) is 5.56. The molecule has 1 saturated carbocycles. The Kier molecular flexibility index (Phi) is 6.77. The molecule has 1 aliphatic rings. The maximum Gasteiger partial charge on any atom is 0.460 e. The van der Waals surface area contributed by atoms with Gasteiger partial charge in [0.1, 0.15) is 0 Å². The first-order valence-electron chi connectivity index (χ1n) is 8.02. The monoisotopic (exact) mass is 459 g/mol. The molecule has 1 rings (SSSR count). The molecule has 0 bridgehead atoms. The maximum atomic E-state index is 13.7. The molecule has 0 aliphatic heterocycles. The molecule has 172 valence electrons. The molecular formula is C14H14F13NO. The van der Waals surface area contributed by atoms with E-state index in [4.69, 9.17) is 0 Å². The van der Waals surface area contributed by atoms with Gasteiger partial charge < -0.3 is 5.32 Å². The van der Waals surface area contributed by atoms with Gasteiger partial charge in [-0.25, -0.2) is 0 Å². The van der Waals surface area contributed by atoms with Gasteiger partial charge in [0.15, 0.2) is 0 Å². The van der Waals surface area contributed by atoms with Crippen molar-refractivity contribution in [1.29, 1.82) is 0 Å². The summed E-state index contributed by atoms with van der Waals surface area (Å²) in [6.45, 7) is 0. The Labute approximate surface area is 154 Å². The minimum absolute atomic E-state index is 0.0495. The van der Waals surface area contributed by atoms with Gasteiger partial charge in [0, 0.05) is 6.04 Å². The smallest absolute Gasteiger partial charge is 0.348 e. The van der Waals surface area contributed by atoms with Crippen molar-refractivity contribution in [2.45, 2.75) is 80.4 Å². The van der Waals surface area contributed by atoms with E-state index in [1.54, 1.807) is 0 Å². The van der Waals surface area contributed by atoms with E-state index in [0.717, 1.165) is 0 Å². The van der Waals surface area contributed by atoms with Gasteiger partial charge >= 0.3 is 35.8 Å². The Balaban J connectivity index is 3.25. The van der Waals surface area contributed by atoms with Crippen molar-refractivity contribution in [2.75, 3.05) is 0 Å². The minimum Gasteiger partial charge on any atom is -0.348 e.